The Hall–Kier alpha value is -1.24. The van der Waals surface area contributed by atoms with Crippen LogP contribution in [0.5, 0.6) is 5.75 Å². The monoisotopic (exact) mass is 264 g/mol. The molecule has 1 aromatic carbocycles. The van der Waals surface area contributed by atoms with E-state index in [-0.39, 0.29) is 5.41 Å². The Kier molecular flexibility index (Phi) is 9.29. The fraction of sp³-hybridized carbons (Fsp3) is 0.556. The molecule has 1 nitrogen and oxygen atoms in total. The van der Waals surface area contributed by atoms with E-state index in [0.717, 1.165) is 16.7 Å². The van der Waals surface area contributed by atoms with Crippen LogP contribution in [0.25, 0.3) is 6.08 Å². The molecule has 0 saturated carbocycles. The summed E-state index contributed by atoms with van der Waals surface area (Å²) < 4.78 is 0. The zero-order chi connectivity index (χ0) is 15.8. The molecule has 0 fully saturated rings. The highest BCUT2D eigenvalue weighted by atomic mass is 16.3. The van der Waals surface area contributed by atoms with Gasteiger partial charge in [0.2, 0.25) is 0 Å². The fourth-order valence-corrected chi connectivity index (χ4v) is 1.96. The predicted octanol–water partition coefficient (Wildman–Crippen LogP) is 6.00. The summed E-state index contributed by atoms with van der Waals surface area (Å²) in [6, 6.07) is 2.07. The van der Waals surface area contributed by atoms with Crippen LogP contribution in [0, 0.1) is 13.8 Å². The number of phenols is 1. The molecule has 0 saturated heterocycles. The zero-order valence-electron chi connectivity index (χ0n) is 14.3. The summed E-state index contributed by atoms with van der Waals surface area (Å²) in [7, 11) is 0. The number of rotatable bonds is 1. The molecule has 1 rings (SSSR count). The van der Waals surface area contributed by atoms with Crippen molar-refractivity contribution in [3.8, 4) is 5.75 Å². The highest BCUT2D eigenvalue weighted by molar-refractivity contribution is 5.64. The highest BCUT2D eigenvalue weighted by Gasteiger charge is 2.20. The van der Waals surface area contributed by atoms with E-state index < -0.39 is 0 Å². The second kappa shape index (κ2) is 8.79. The first-order chi connectivity index (χ1) is 8.79. The maximum absolute atomic E-state index is 9.90. The van der Waals surface area contributed by atoms with Gasteiger partial charge in [-0.2, -0.15) is 0 Å². The summed E-state index contributed by atoms with van der Waals surface area (Å²) in [6.07, 6.45) is 1.73. The van der Waals surface area contributed by atoms with Gasteiger partial charge in [0, 0.05) is 5.56 Å². The van der Waals surface area contributed by atoms with E-state index in [9.17, 15) is 5.11 Å². The van der Waals surface area contributed by atoms with Crippen molar-refractivity contribution in [3.63, 3.8) is 0 Å². The van der Waals surface area contributed by atoms with Gasteiger partial charge in [0.25, 0.3) is 0 Å². The van der Waals surface area contributed by atoms with Crippen LogP contribution in [0.15, 0.2) is 12.6 Å². The third kappa shape index (κ3) is 5.10. The quantitative estimate of drug-likeness (QED) is 0.659. The van der Waals surface area contributed by atoms with Crippen LogP contribution in [0.1, 0.15) is 70.7 Å². The van der Waals surface area contributed by atoms with Gasteiger partial charge in [-0.15, -0.1) is 0 Å². The average Bonchev–Trinajstić information content (AvgIpc) is 2.38. The van der Waals surface area contributed by atoms with Gasteiger partial charge in [-0.3, -0.25) is 0 Å². The van der Waals surface area contributed by atoms with E-state index in [2.05, 4.69) is 33.4 Å². The predicted molar refractivity (Wildman–Crippen MR) is 89.1 cm³/mol. The fourth-order valence-electron chi connectivity index (χ4n) is 1.96. The van der Waals surface area contributed by atoms with E-state index in [1.165, 1.54) is 5.56 Å². The molecule has 1 heteroatoms. The minimum atomic E-state index is 0.0975. The molecule has 0 bridgehead atoms. The minimum absolute atomic E-state index is 0.0975. The lowest BCUT2D eigenvalue weighted by molar-refractivity contribution is 0.467. The summed E-state index contributed by atoms with van der Waals surface area (Å²) in [5.41, 5.74) is 4.27. The highest BCUT2D eigenvalue weighted by Crippen LogP contribution is 2.35. The first-order valence-electron chi connectivity index (χ1n) is 7.25. The van der Waals surface area contributed by atoms with E-state index in [1.54, 1.807) is 6.08 Å². The van der Waals surface area contributed by atoms with Gasteiger partial charge in [0.15, 0.2) is 0 Å². The summed E-state index contributed by atoms with van der Waals surface area (Å²) in [4.78, 5) is 0. The van der Waals surface area contributed by atoms with Crippen LogP contribution in [0.2, 0.25) is 0 Å². The molecule has 1 N–H and O–H groups in total. The van der Waals surface area contributed by atoms with Crippen molar-refractivity contribution in [1.82, 2.24) is 0 Å². The number of benzene rings is 1. The second-order valence-corrected chi connectivity index (χ2v) is 5.08. The molecule has 19 heavy (non-hydrogen) atoms. The van der Waals surface area contributed by atoms with E-state index in [1.807, 2.05) is 41.5 Å². The Bertz CT molecular complexity index is 395. The van der Waals surface area contributed by atoms with Gasteiger partial charge in [-0.1, -0.05) is 67.2 Å². The lowest BCUT2D eigenvalue weighted by Gasteiger charge is -2.24. The lowest BCUT2D eigenvalue weighted by Crippen LogP contribution is -2.14. The average molecular weight is 264 g/mol. The molecule has 0 aliphatic heterocycles. The van der Waals surface area contributed by atoms with Crippen LogP contribution >= 0.6 is 0 Å². The van der Waals surface area contributed by atoms with Crippen molar-refractivity contribution < 1.29 is 5.11 Å². The van der Waals surface area contributed by atoms with Crippen molar-refractivity contribution in [1.29, 1.82) is 0 Å². The minimum Gasteiger partial charge on any atom is -0.507 e. The van der Waals surface area contributed by atoms with Crippen LogP contribution in [-0.2, 0) is 5.41 Å². The summed E-state index contributed by atoms with van der Waals surface area (Å²) in [5, 5.41) is 9.90. The largest absolute Gasteiger partial charge is 0.507 e. The first-order valence-corrected chi connectivity index (χ1v) is 7.25. The van der Waals surface area contributed by atoms with Gasteiger partial charge >= 0.3 is 0 Å². The summed E-state index contributed by atoms with van der Waals surface area (Å²) in [6.45, 7) is 22.3. The summed E-state index contributed by atoms with van der Waals surface area (Å²) >= 11 is 0. The molecule has 0 unspecified atom stereocenters. The molecule has 0 spiro atoms. The van der Waals surface area contributed by atoms with Crippen molar-refractivity contribution in [2.24, 2.45) is 0 Å². The van der Waals surface area contributed by atoms with Crippen LogP contribution in [0.3, 0.4) is 0 Å². The number of hydrogen-bond donors (Lipinski definition) is 1. The van der Waals surface area contributed by atoms with Crippen LogP contribution < -0.4 is 0 Å². The maximum Gasteiger partial charge on any atom is 0.125 e. The van der Waals surface area contributed by atoms with E-state index >= 15 is 0 Å². The SMILES string of the molecule is C=Cc1c(C)c(C(C)(C)C)cc(C)c1O.CC.CC. The van der Waals surface area contributed by atoms with Crippen LogP contribution in [0.4, 0.5) is 0 Å². The van der Waals surface area contributed by atoms with Gasteiger partial charge in [-0.25, -0.2) is 0 Å². The van der Waals surface area contributed by atoms with Gasteiger partial charge < -0.3 is 5.11 Å². The molecule has 0 aliphatic rings. The molecule has 0 radical (unpaired) electrons. The normalized spacial score (nSPS) is 9.74. The maximum atomic E-state index is 9.90. The number of phenolic OH excluding ortho intramolecular Hbond substituents is 1. The summed E-state index contributed by atoms with van der Waals surface area (Å²) in [5.74, 6) is 0.357. The Morgan fingerprint density at radius 2 is 1.47 bits per heavy atom. The van der Waals surface area contributed by atoms with Crippen molar-refractivity contribution in [3.05, 3.63) is 34.9 Å². The third-order valence-electron chi connectivity index (χ3n) is 2.81. The number of aromatic hydroxyl groups is 1. The standard InChI is InChI=1S/C14H20O.2C2H6/c1-7-11-10(3)12(14(4,5)6)8-9(2)13(11)15;2*1-2/h7-8,15H,1H2,2-6H3;2*1-2H3. The van der Waals surface area contributed by atoms with Crippen molar-refractivity contribution in [2.45, 2.75) is 67.7 Å². The number of hydrogen-bond acceptors (Lipinski definition) is 1. The Labute approximate surface area is 120 Å². The Balaban J connectivity index is 0. The molecular formula is C18H32O. The van der Waals surface area contributed by atoms with Gasteiger partial charge in [-0.05, 0) is 36.0 Å². The second-order valence-electron chi connectivity index (χ2n) is 5.08. The third-order valence-corrected chi connectivity index (χ3v) is 2.81. The first kappa shape index (κ1) is 20.1. The van der Waals surface area contributed by atoms with E-state index in [4.69, 9.17) is 0 Å². The molecule has 1 aromatic rings. The lowest BCUT2D eigenvalue weighted by atomic mass is 9.81. The molecule has 0 amide bonds. The molecule has 0 atom stereocenters. The molecule has 0 aliphatic carbocycles. The molecular weight excluding hydrogens is 232 g/mol. The van der Waals surface area contributed by atoms with Gasteiger partial charge in [0.1, 0.15) is 5.75 Å². The molecule has 0 aromatic heterocycles. The van der Waals surface area contributed by atoms with E-state index in [0.29, 0.717) is 5.75 Å². The Morgan fingerprint density at radius 1 is 1.05 bits per heavy atom. The zero-order valence-corrected chi connectivity index (χ0v) is 14.3. The number of aryl methyl sites for hydroxylation is 1. The molecule has 0 heterocycles. The van der Waals surface area contributed by atoms with Crippen molar-refractivity contribution in [2.75, 3.05) is 0 Å². The van der Waals surface area contributed by atoms with Crippen LogP contribution in [-0.4, -0.2) is 5.11 Å². The van der Waals surface area contributed by atoms with Crippen molar-refractivity contribution >= 4 is 6.08 Å². The molecule has 110 valence electrons. The Morgan fingerprint density at radius 3 is 1.79 bits per heavy atom. The smallest absolute Gasteiger partial charge is 0.125 e. The van der Waals surface area contributed by atoms with Gasteiger partial charge in [0.05, 0.1) is 0 Å². The topological polar surface area (TPSA) is 20.2 Å².